The fourth-order valence-electron chi connectivity index (χ4n) is 3.99. The fraction of sp³-hybridized carbons (Fsp3) is 0.647. The van der Waals surface area contributed by atoms with Crippen LogP contribution < -0.4 is 5.32 Å². The zero-order chi connectivity index (χ0) is 16.4. The highest BCUT2D eigenvalue weighted by molar-refractivity contribution is 9.10. The van der Waals surface area contributed by atoms with E-state index in [0.29, 0.717) is 11.5 Å². The summed E-state index contributed by atoms with van der Waals surface area (Å²) >= 11 is 3.09. The van der Waals surface area contributed by atoms with Crippen LogP contribution in [0.1, 0.15) is 43.7 Å². The second-order valence-corrected chi connectivity index (χ2v) is 7.41. The van der Waals surface area contributed by atoms with Crippen LogP contribution in [0.2, 0.25) is 0 Å². The van der Waals surface area contributed by atoms with Crippen molar-refractivity contribution in [1.82, 2.24) is 10.2 Å². The molecule has 1 aromatic rings. The van der Waals surface area contributed by atoms with Gasteiger partial charge in [-0.25, -0.2) is 4.39 Å². The number of halogens is 5. The van der Waals surface area contributed by atoms with Gasteiger partial charge in [0.25, 0.3) is 0 Å². The van der Waals surface area contributed by atoms with E-state index in [1.807, 2.05) is 0 Å². The summed E-state index contributed by atoms with van der Waals surface area (Å²) in [6.07, 6.45) is 5.71. The Labute approximate surface area is 168 Å². The van der Waals surface area contributed by atoms with E-state index in [-0.39, 0.29) is 35.3 Å². The third kappa shape index (κ3) is 4.98. The molecule has 0 spiro atoms. The normalized spacial score (nSPS) is 20.4. The van der Waals surface area contributed by atoms with Gasteiger partial charge in [-0.05, 0) is 40.8 Å². The van der Waals surface area contributed by atoms with Crippen LogP contribution in [0.4, 0.5) is 8.78 Å². The zero-order valence-corrected chi connectivity index (χ0v) is 17.2. The summed E-state index contributed by atoms with van der Waals surface area (Å²) in [5.41, 5.74) is 0.518. The molecular weight excluding hydrogens is 437 g/mol. The summed E-state index contributed by atoms with van der Waals surface area (Å²) in [5.74, 6) is -2.32. The average Bonchev–Trinajstić information content (AvgIpc) is 2.60. The van der Waals surface area contributed by atoms with E-state index in [9.17, 15) is 13.9 Å². The molecule has 1 aromatic carbocycles. The molecule has 0 unspecified atom stereocenters. The third-order valence-electron chi connectivity index (χ3n) is 5.13. The van der Waals surface area contributed by atoms with E-state index >= 15 is 0 Å². The summed E-state index contributed by atoms with van der Waals surface area (Å²) in [4.78, 5) is 2.31. The van der Waals surface area contributed by atoms with Crippen molar-refractivity contribution >= 4 is 40.7 Å². The first-order valence-electron chi connectivity index (χ1n) is 8.40. The van der Waals surface area contributed by atoms with Crippen LogP contribution in [0, 0.1) is 17.6 Å². The van der Waals surface area contributed by atoms with Gasteiger partial charge in [-0.3, -0.25) is 4.90 Å². The standard InChI is InChI=1S/C17H23BrF2N2O.2ClH/c18-13-10-12(17(23)15(20)14(13)19)16(11-4-2-1-3-5-11)22-8-6-21-7-9-22;;/h10-11,16,21,23H,1-9H2;2*1H/t16-;;/m1../s1. The molecule has 2 N–H and O–H groups in total. The highest BCUT2D eigenvalue weighted by atomic mass is 79.9. The lowest BCUT2D eigenvalue weighted by Gasteiger charge is -2.41. The van der Waals surface area contributed by atoms with Gasteiger partial charge in [0, 0.05) is 37.8 Å². The van der Waals surface area contributed by atoms with Crippen LogP contribution in [-0.2, 0) is 0 Å². The Kier molecular flexibility index (Phi) is 9.40. The smallest absolute Gasteiger partial charge is 0.201 e. The Morgan fingerprint density at radius 2 is 1.68 bits per heavy atom. The minimum atomic E-state index is -1.15. The van der Waals surface area contributed by atoms with E-state index < -0.39 is 17.4 Å². The van der Waals surface area contributed by atoms with Gasteiger partial charge < -0.3 is 10.4 Å². The van der Waals surface area contributed by atoms with Crippen LogP contribution in [0.3, 0.4) is 0 Å². The second kappa shape index (κ2) is 10.3. The first kappa shape index (κ1) is 22.9. The van der Waals surface area contributed by atoms with Crippen molar-refractivity contribution in [3.63, 3.8) is 0 Å². The Bertz CT molecular complexity index is 550. The number of piperazine rings is 1. The van der Waals surface area contributed by atoms with E-state index in [2.05, 4.69) is 26.1 Å². The van der Waals surface area contributed by atoms with E-state index in [4.69, 9.17) is 0 Å². The summed E-state index contributed by atoms with van der Waals surface area (Å²) in [5, 5.41) is 13.6. The molecule has 8 heteroatoms. The molecule has 2 fully saturated rings. The van der Waals surface area contributed by atoms with Crippen molar-refractivity contribution in [2.45, 2.75) is 38.1 Å². The second-order valence-electron chi connectivity index (χ2n) is 6.55. The summed E-state index contributed by atoms with van der Waals surface area (Å²) in [6, 6.07) is 1.51. The summed E-state index contributed by atoms with van der Waals surface area (Å²) in [7, 11) is 0. The molecule has 1 atom stereocenters. The fourth-order valence-corrected chi connectivity index (χ4v) is 4.41. The highest BCUT2D eigenvalue weighted by Gasteiger charge is 2.34. The highest BCUT2D eigenvalue weighted by Crippen LogP contribution is 2.43. The van der Waals surface area contributed by atoms with Crippen LogP contribution >= 0.6 is 40.7 Å². The molecular formula is C17H25BrCl2F2N2O. The number of hydrogen-bond donors (Lipinski definition) is 2. The topological polar surface area (TPSA) is 35.5 Å². The van der Waals surface area contributed by atoms with Gasteiger partial charge in [0.1, 0.15) is 0 Å². The number of nitrogens with one attached hydrogen (secondary N) is 1. The zero-order valence-electron chi connectivity index (χ0n) is 13.9. The lowest BCUT2D eigenvalue weighted by Crippen LogP contribution is -2.47. The van der Waals surface area contributed by atoms with Gasteiger partial charge in [-0.1, -0.05) is 19.3 Å². The largest absolute Gasteiger partial charge is 0.505 e. The van der Waals surface area contributed by atoms with E-state index in [0.717, 1.165) is 39.0 Å². The maximum atomic E-state index is 14.1. The monoisotopic (exact) mass is 460 g/mol. The maximum Gasteiger partial charge on any atom is 0.201 e. The lowest BCUT2D eigenvalue weighted by atomic mass is 9.80. The molecule has 1 aliphatic heterocycles. The molecule has 0 aromatic heterocycles. The molecule has 2 aliphatic rings. The van der Waals surface area contributed by atoms with Crippen molar-refractivity contribution in [3.05, 3.63) is 27.7 Å². The number of benzene rings is 1. The predicted molar refractivity (Wildman–Crippen MR) is 104 cm³/mol. The van der Waals surface area contributed by atoms with Crippen molar-refractivity contribution in [1.29, 1.82) is 0 Å². The molecule has 3 nitrogen and oxygen atoms in total. The van der Waals surface area contributed by atoms with Gasteiger partial charge in [-0.15, -0.1) is 24.8 Å². The van der Waals surface area contributed by atoms with E-state index in [1.54, 1.807) is 6.07 Å². The first-order valence-corrected chi connectivity index (χ1v) is 9.20. The SMILES string of the molecule is Cl.Cl.Oc1c([C@@H](C2CCCCC2)N2CCNCC2)cc(Br)c(F)c1F. The van der Waals surface area contributed by atoms with Crippen molar-refractivity contribution in [2.24, 2.45) is 5.92 Å². The molecule has 1 saturated heterocycles. The Balaban J connectivity index is 0.00000156. The van der Waals surface area contributed by atoms with Gasteiger partial charge in [0.2, 0.25) is 5.82 Å². The quantitative estimate of drug-likeness (QED) is 0.634. The third-order valence-corrected chi connectivity index (χ3v) is 5.70. The number of nitrogens with zero attached hydrogens (tertiary/aromatic N) is 1. The molecule has 0 amide bonds. The molecule has 1 saturated carbocycles. The molecule has 25 heavy (non-hydrogen) atoms. The molecule has 0 radical (unpaired) electrons. The van der Waals surface area contributed by atoms with Gasteiger partial charge in [0.05, 0.1) is 4.47 Å². The minimum Gasteiger partial charge on any atom is -0.505 e. The number of rotatable bonds is 3. The van der Waals surface area contributed by atoms with Crippen molar-refractivity contribution in [2.75, 3.05) is 26.2 Å². The van der Waals surface area contributed by atoms with Gasteiger partial charge in [-0.2, -0.15) is 4.39 Å². The van der Waals surface area contributed by atoms with E-state index in [1.165, 1.54) is 19.3 Å². The number of aromatic hydroxyl groups is 1. The Hall–Kier alpha value is -0.140. The predicted octanol–water partition coefficient (Wildman–Crippen LogP) is 4.80. The lowest BCUT2D eigenvalue weighted by molar-refractivity contribution is 0.101. The maximum absolute atomic E-state index is 14.1. The summed E-state index contributed by atoms with van der Waals surface area (Å²) < 4.78 is 27.9. The molecule has 1 heterocycles. The number of hydrogen-bond acceptors (Lipinski definition) is 3. The average molecular weight is 462 g/mol. The molecule has 3 rings (SSSR count). The Morgan fingerprint density at radius 1 is 1.08 bits per heavy atom. The van der Waals surface area contributed by atoms with Crippen LogP contribution in [0.15, 0.2) is 10.5 Å². The molecule has 1 aliphatic carbocycles. The molecule has 0 bridgehead atoms. The van der Waals surface area contributed by atoms with Crippen molar-refractivity contribution < 1.29 is 13.9 Å². The van der Waals surface area contributed by atoms with Gasteiger partial charge >= 0.3 is 0 Å². The van der Waals surface area contributed by atoms with Gasteiger partial charge in [0.15, 0.2) is 11.6 Å². The van der Waals surface area contributed by atoms with Crippen molar-refractivity contribution in [3.8, 4) is 5.75 Å². The van der Waals surface area contributed by atoms with Crippen LogP contribution in [-0.4, -0.2) is 36.2 Å². The summed E-state index contributed by atoms with van der Waals surface area (Å²) in [6.45, 7) is 3.48. The van der Waals surface area contributed by atoms with Crippen LogP contribution in [0.5, 0.6) is 5.75 Å². The Morgan fingerprint density at radius 3 is 2.28 bits per heavy atom. The number of phenolic OH excluding ortho intramolecular Hbond substituents is 1. The van der Waals surface area contributed by atoms with Crippen LogP contribution in [0.25, 0.3) is 0 Å². The first-order chi connectivity index (χ1) is 11.1. The minimum absolute atomic E-state index is 0. The molecule has 144 valence electrons. The number of phenols is 1.